The Morgan fingerprint density at radius 2 is 2.18 bits per heavy atom. The third-order valence-corrected chi connectivity index (χ3v) is 2.35. The van der Waals surface area contributed by atoms with Gasteiger partial charge in [-0.1, -0.05) is 0 Å². The van der Waals surface area contributed by atoms with Crippen molar-refractivity contribution in [1.82, 2.24) is 9.97 Å². The Hall–Kier alpha value is -0.890. The molecule has 0 spiro atoms. The van der Waals surface area contributed by atoms with E-state index in [1.54, 1.807) is 7.05 Å². The van der Waals surface area contributed by atoms with Crippen molar-refractivity contribution in [3.8, 4) is 0 Å². The number of rotatable bonds is 5. The van der Waals surface area contributed by atoms with Gasteiger partial charge in [-0.3, -0.25) is 0 Å². The fourth-order valence-electron chi connectivity index (χ4n) is 1.05. The average Bonchev–Trinajstić information content (AvgIpc) is 2.25. The van der Waals surface area contributed by atoms with E-state index in [1.807, 2.05) is 0 Å². The molecule has 0 saturated heterocycles. The van der Waals surface area contributed by atoms with Crippen molar-refractivity contribution >= 4 is 21.7 Å². The molecular weight excluding hydrogens is 303 g/mol. The van der Waals surface area contributed by atoms with Crippen molar-refractivity contribution < 1.29 is 17.9 Å². The molecule has 1 rings (SSSR count). The Balaban J connectivity index is 2.42. The predicted octanol–water partition coefficient (Wildman–Crippen LogP) is 2.40. The van der Waals surface area contributed by atoms with E-state index in [0.717, 1.165) is 0 Å². The summed E-state index contributed by atoms with van der Waals surface area (Å²) in [4.78, 5) is 8.06. The minimum Gasteiger partial charge on any atom is -0.372 e. The van der Waals surface area contributed by atoms with Crippen LogP contribution in [0.2, 0.25) is 0 Å². The molecule has 0 saturated carbocycles. The van der Waals surface area contributed by atoms with Gasteiger partial charge >= 0.3 is 6.18 Å². The highest BCUT2D eigenvalue weighted by atomic mass is 79.9. The zero-order valence-corrected chi connectivity index (χ0v) is 10.6. The summed E-state index contributed by atoms with van der Waals surface area (Å²) in [5.41, 5.74) is 0. The van der Waals surface area contributed by atoms with Crippen LogP contribution in [-0.4, -0.2) is 36.4 Å². The van der Waals surface area contributed by atoms with Gasteiger partial charge in [0.05, 0.1) is 11.1 Å². The van der Waals surface area contributed by atoms with E-state index < -0.39 is 12.8 Å². The summed E-state index contributed by atoms with van der Waals surface area (Å²) in [6, 6.07) is 0. The van der Waals surface area contributed by atoms with Crippen LogP contribution >= 0.6 is 15.9 Å². The molecule has 1 heterocycles. The molecule has 0 amide bonds. The van der Waals surface area contributed by atoms with Gasteiger partial charge in [0.15, 0.2) is 0 Å². The standard InChI is InChI=1S/C9H11BrF3N3O/c1-14-8-6(10)4-15-7(16-8)2-3-17-5-9(11,12)13/h4H,2-3,5H2,1H3,(H,14,15,16). The molecule has 96 valence electrons. The second-order valence-corrected chi connectivity index (χ2v) is 4.00. The molecule has 0 aromatic carbocycles. The number of ether oxygens (including phenoxy) is 1. The molecule has 0 aliphatic heterocycles. The minimum atomic E-state index is -4.29. The highest BCUT2D eigenvalue weighted by Gasteiger charge is 2.27. The van der Waals surface area contributed by atoms with Gasteiger partial charge in [-0.05, 0) is 15.9 Å². The first-order valence-electron chi connectivity index (χ1n) is 4.76. The van der Waals surface area contributed by atoms with E-state index in [9.17, 15) is 13.2 Å². The van der Waals surface area contributed by atoms with E-state index in [4.69, 9.17) is 0 Å². The number of nitrogens with zero attached hydrogens (tertiary/aromatic N) is 2. The summed E-state index contributed by atoms with van der Waals surface area (Å²) in [6.07, 6.45) is -2.52. The number of aromatic nitrogens is 2. The third-order valence-electron chi connectivity index (χ3n) is 1.77. The molecule has 0 fully saturated rings. The number of nitrogens with one attached hydrogen (secondary N) is 1. The first-order valence-corrected chi connectivity index (χ1v) is 5.55. The smallest absolute Gasteiger partial charge is 0.372 e. The molecule has 17 heavy (non-hydrogen) atoms. The fraction of sp³-hybridized carbons (Fsp3) is 0.556. The lowest BCUT2D eigenvalue weighted by atomic mass is 10.4. The van der Waals surface area contributed by atoms with Crippen LogP contribution in [0.25, 0.3) is 0 Å². The summed E-state index contributed by atoms with van der Waals surface area (Å²) < 4.78 is 40.5. The van der Waals surface area contributed by atoms with Crippen LogP contribution in [-0.2, 0) is 11.2 Å². The topological polar surface area (TPSA) is 47.0 Å². The summed E-state index contributed by atoms with van der Waals surface area (Å²) >= 11 is 3.23. The predicted molar refractivity (Wildman–Crippen MR) is 59.9 cm³/mol. The molecule has 0 radical (unpaired) electrons. The summed E-state index contributed by atoms with van der Waals surface area (Å²) in [5.74, 6) is 1.02. The SMILES string of the molecule is CNc1nc(CCOCC(F)(F)F)ncc1Br. The second kappa shape index (κ2) is 6.15. The van der Waals surface area contributed by atoms with Crippen LogP contribution in [0.3, 0.4) is 0 Å². The number of hydrogen-bond donors (Lipinski definition) is 1. The molecule has 0 bridgehead atoms. The first-order chi connectivity index (χ1) is 7.92. The van der Waals surface area contributed by atoms with Gasteiger partial charge in [0.25, 0.3) is 0 Å². The van der Waals surface area contributed by atoms with Gasteiger partial charge in [0, 0.05) is 19.7 Å². The highest BCUT2D eigenvalue weighted by molar-refractivity contribution is 9.10. The lowest BCUT2D eigenvalue weighted by Gasteiger charge is -2.08. The van der Waals surface area contributed by atoms with Crippen LogP contribution in [0, 0.1) is 0 Å². The Kier molecular flexibility index (Phi) is 5.13. The van der Waals surface area contributed by atoms with Crippen LogP contribution in [0.4, 0.5) is 19.0 Å². The van der Waals surface area contributed by atoms with E-state index in [1.165, 1.54) is 6.20 Å². The maximum Gasteiger partial charge on any atom is 0.411 e. The quantitative estimate of drug-likeness (QED) is 0.848. The summed E-state index contributed by atoms with van der Waals surface area (Å²) in [5, 5.41) is 2.83. The Morgan fingerprint density at radius 1 is 1.47 bits per heavy atom. The number of hydrogen-bond acceptors (Lipinski definition) is 4. The molecular formula is C9H11BrF3N3O. The molecule has 1 N–H and O–H groups in total. The van der Waals surface area contributed by atoms with Crippen molar-refractivity contribution in [2.75, 3.05) is 25.6 Å². The van der Waals surface area contributed by atoms with Gasteiger partial charge in [0.1, 0.15) is 18.2 Å². The molecule has 1 aromatic heterocycles. The maximum absolute atomic E-state index is 11.8. The Morgan fingerprint density at radius 3 is 2.76 bits per heavy atom. The Labute approximate surface area is 105 Å². The molecule has 8 heteroatoms. The summed E-state index contributed by atoms with van der Waals surface area (Å²) in [6.45, 7) is -1.31. The number of alkyl halides is 3. The van der Waals surface area contributed by atoms with Crippen LogP contribution in [0.5, 0.6) is 0 Å². The minimum absolute atomic E-state index is 0.0652. The second-order valence-electron chi connectivity index (χ2n) is 3.15. The van der Waals surface area contributed by atoms with Crippen molar-refractivity contribution in [2.45, 2.75) is 12.6 Å². The van der Waals surface area contributed by atoms with E-state index in [0.29, 0.717) is 16.1 Å². The van der Waals surface area contributed by atoms with Gasteiger partial charge in [-0.25, -0.2) is 9.97 Å². The van der Waals surface area contributed by atoms with Crippen LogP contribution in [0.15, 0.2) is 10.7 Å². The van der Waals surface area contributed by atoms with Crippen molar-refractivity contribution in [3.63, 3.8) is 0 Å². The third kappa shape index (κ3) is 5.31. The van der Waals surface area contributed by atoms with E-state index in [2.05, 4.69) is 36.0 Å². The number of halogens is 4. The van der Waals surface area contributed by atoms with Gasteiger partial charge in [-0.2, -0.15) is 13.2 Å². The first kappa shape index (κ1) is 14.2. The normalized spacial score (nSPS) is 11.6. The van der Waals surface area contributed by atoms with E-state index in [-0.39, 0.29) is 13.0 Å². The molecule has 0 unspecified atom stereocenters. The van der Waals surface area contributed by atoms with Crippen molar-refractivity contribution in [2.24, 2.45) is 0 Å². The largest absolute Gasteiger partial charge is 0.411 e. The average molecular weight is 314 g/mol. The lowest BCUT2D eigenvalue weighted by molar-refractivity contribution is -0.173. The zero-order chi connectivity index (χ0) is 12.9. The monoisotopic (exact) mass is 313 g/mol. The highest BCUT2D eigenvalue weighted by Crippen LogP contribution is 2.18. The van der Waals surface area contributed by atoms with Gasteiger partial charge in [0.2, 0.25) is 0 Å². The Bertz CT molecular complexity index is 373. The lowest BCUT2D eigenvalue weighted by Crippen LogP contribution is -2.18. The van der Waals surface area contributed by atoms with Gasteiger partial charge in [-0.15, -0.1) is 0 Å². The van der Waals surface area contributed by atoms with Crippen molar-refractivity contribution in [1.29, 1.82) is 0 Å². The zero-order valence-electron chi connectivity index (χ0n) is 9.01. The summed E-state index contributed by atoms with van der Waals surface area (Å²) in [7, 11) is 1.69. The maximum atomic E-state index is 11.8. The molecule has 0 atom stereocenters. The van der Waals surface area contributed by atoms with Gasteiger partial charge < -0.3 is 10.1 Å². The molecule has 4 nitrogen and oxygen atoms in total. The fourth-order valence-corrected chi connectivity index (χ4v) is 1.44. The van der Waals surface area contributed by atoms with Crippen LogP contribution in [0.1, 0.15) is 5.82 Å². The molecule has 0 aliphatic rings. The molecule has 0 aliphatic carbocycles. The van der Waals surface area contributed by atoms with Crippen LogP contribution < -0.4 is 5.32 Å². The molecule has 1 aromatic rings. The number of anilines is 1. The van der Waals surface area contributed by atoms with E-state index >= 15 is 0 Å². The van der Waals surface area contributed by atoms with Crippen molar-refractivity contribution in [3.05, 3.63) is 16.5 Å².